The highest BCUT2D eigenvalue weighted by atomic mass is 35.5. The van der Waals surface area contributed by atoms with Crippen LogP contribution in [-0.2, 0) is 0 Å². The van der Waals surface area contributed by atoms with E-state index in [2.05, 4.69) is 5.32 Å². The number of alkyl halides is 1. The first kappa shape index (κ1) is 14.4. The fourth-order valence-electron chi connectivity index (χ4n) is 1.37. The van der Waals surface area contributed by atoms with Gasteiger partial charge in [0.05, 0.1) is 16.9 Å². The number of non-ortho nitro benzene ring substituents is 1. The topological polar surface area (TPSA) is 92.5 Å². The molecule has 0 saturated heterocycles. The molecule has 0 saturated carbocycles. The van der Waals surface area contributed by atoms with E-state index >= 15 is 0 Å². The lowest BCUT2D eigenvalue weighted by Gasteiger charge is -2.12. The normalized spacial score (nSPS) is 11.9. The summed E-state index contributed by atoms with van der Waals surface area (Å²) in [5, 5.41) is 22.8. The van der Waals surface area contributed by atoms with Crippen molar-refractivity contribution in [2.24, 2.45) is 0 Å². The molecule has 7 heteroatoms. The first-order valence-electron chi connectivity index (χ1n) is 5.23. The number of nitro benzene ring substituents is 1. The average Bonchev–Trinajstić information content (AvgIpc) is 2.35. The second kappa shape index (κ2) is 6.32. The van der Waals surface area contributed by atoms with Gasteiger partial charge in [0.15, 0.2) is 5.78 Å². The fourth-order valence-corrected chi connectivity index (χ4v) is 1.48. The largest absolute Gasteiger partial charge is 0.390 e. The van der Waals surface area contributed by atoms with Gasteiger partial charge in [-0.1, -0.05) is 0 Å². The summed E-state index contributed by atoms with van der Waals surface area (Å²) in [7, 11) is 0. The zero-order chi connectivity index (χ0) is 13.7. The molecule has 0 aliphatic rings. The molecule has 1 aromatic rings. The number of aliphatic hydroxyl groups excluding tert-OH is 1. The number of hydrogen-bond donors (Lipinski definition) is 2. The number of halogens is 1. The maximum Gasteiger partial charge on any atom is 0.270 e. The minimum absolute atomic E-state index is 0.0649. The van der Waals surface area contributed by atoms with Crippen LogP contribution in [0.2, 0.25) is 0 Å². The van der Waals surface area contributed by atoms with E-state index in [4.69, 9.17) is 11.6 Å². The fraction of sp³-hybridized carbons (Fsp3) is 0.364. The van der Waals surface area contributed by atoms with Gasteiger partial charge in [0, 0.05) is 29.9 Å². The van der Waals surface area contributed by atoms with Crippen LogP contribution in [0.3, 0.4) is 0 Å². The molecule has 0 fully saturated rings. The number of nitrogens with one attached hydrogen (secondary N) is 1. The van der Waals surface area contributed by atoms with Crippen molar-refractivity contribution in [3.8, 4) is 0 Å². The molecule has 1 aromatic carbocycles. The van der Waals surface area contributed by atoms with Crippen LogP contribution in [-0.4, -0.2) is 34.3 Å². The SMILES string of the molecule is CC(=O)c1cc([N+](=O)[O-])ccc1NCC(O)CCl. The zero-order valence-corrected chi connectivity index (χ0v) is 10.5. The van der Waals surface area contributed by atoms with Crippen LogP contribution in [0.15, 0.2) is 18.2 Å². The van der Waals surface area contributed by atoms with E-state index in [1.54, 1.807) is 0 Å². The van der Waals surface area contributed by atoms with Gasteiger partial charge in [-0.05, 0) is 13.0 Å². The van der Waals surface area contributed by atoms with E-state index < -0.39 is 11.0 Å². The maximum absolute atomic E-state index is 11.4. The quantitative estimate of drug-likeness (QED) is 0.357. The number of nitrogens with zero attached hydrogens (tertiary/aromatic N) is 1. The minimum atomic E-state index is -0.748. The van der Waals surface area contributed by atoms with E-state index in [0.29, 0.717) is 5.69 Å². The summed E-state index contributed by atoms with van der Waals surface area (Å²) in [6, 6.07) is 3.94. The summed E-state index contributed by atoms with van der Waals surface area (Å²) >= 11 is 5.44. The molecule has 1 unspecified atom stereocenters. The van der Waals surface area contributed by atoms with E-state index in [9.17, 15) is 20.0 Å². The van der Waals surface area contributed by atoms with Crippen LogP contribution in [0.4, 0.5) is 11.4 Å². The number of carbonyl (C=O) groups excluding carboxylic acids is 1. The molecule has 6 nitrogen and oxygen atoms in total. The van der Waals surface area contributed by atoms with Crippen molar-refractivity contribution in [2.45, 2.75) is 13.0 Å². The summed E-state index contributed by atoms with van der Waals surface area (Å²) in [5.41, 5.74) is 0.506. The molecule has 0 heterocycles. The second-order valence-corrected chi connectivity index (χ2v) is 4.04. The molecule has 1 atom stereocenters. The molecule has 2 N–H and O–H groups in total. The lowest BCUT2D eigenvalue weighted by Crippen LogP contribution is -2.21. The maximum atomic E-state index is 11.4. The van der Waals surface area contributed by atoms with Crippen molar-refractivity contribution >= 4 is 28.8 Å². The van der Waals surface area contributed by atoms with Crippen molar-refractivity contribution in [1.82, 2.24) is 0 Å². The van der Waals surface area contributed by atoms with Crippen molar-refractivity contribution < 1.29 is 14.8 Å². The molecule has 0 radical (unpaired) electrons. The summed E-state index contributed by atoms with van der Waals surface area (Å²) in [6.45, 7) is 1.49. The minimum Gasteiger partial charge on any atom is -0.390 e. The molecular formula is C11H13ClN2O4. The van der Waals surface area contributed by atoms with Crippen LogP contribution in [0.5, 0.6) is 0 Å². The highest BCUT2D eigenvalue weighted by Gasteiger charge is 2.14. The average molecular weight is 273 g/mol. The predicted molar refractivity (Wildman–Crippen MR) is 68.3 cm³/mol. The number of benzene rings is 1. The molecule has 1 rings (SSSR count). The van der Waals surface area contributed by atoms with Gasteiger partial charge >= 0.3 is 0 Å². The van der Waals surface area contributed by atoms with E-state index in [-0.39, 0.29) is 29.5 Å². The Morgan fingerprint density at radius 3 is 2.78 bits per heavy atom. The van der Waals surface area contributed by atoms with Gasteiger partial charge in [-0.15, -0.1) is 11.6 Å². The predicted octanol–water partition coefficient (Wildman–Crippen LogP) is 1.81. The number of ketones is 1. The monoisotopic (exact) mass is 272 g/mol. The smallest absolute Gasteiger partial charge is 0.270 e. The Hall–Kier alpha value is -1.66. The Morgan fingerprint density at radius 2 is 2.28 bits per heavy atom. The molecule has 0 aliphatic carbocycles. The number of carbonyl (C=O) groups is 1. The highest BCUT2D eigenvalue weighted by molar-refractivity contribution is 6.18. The molecule has 98 valence electrons. The molecule has 0 spiro atoms. The number of rotatable bonds is 6. The zero-order valence-electron chi connectivity index (χ0n) is 9.72. The highest BCUT2D eigenvalue weighted by Crippen LogP contribution is 2.22. The third-order valence-corrected chi connectivity index (χ3v) is 2.66. The van der Waals surface area contributed by atoms with Crippen LogP contribution in [0.1, 0.15) is 17.3 Å². The second-order valence-electron chi connectivity index (χ2n) is 3.73. The van der Waals surface area contributed by atoms with Gasteiger partial charge in [-0.25, -0.2) is 0 Å². The first-order valence-corrected chi connectivity index (χ1v) is 5.76. The molecule has 0 amide bonds. The van der Waals surface area contributed by atoms with Crippen LogP contribution >= 0.6 is 11.6 Å². The van der Waals surface area contributed by atoms with Crippen molar-refractivity contribution in [1.29, 1.82) is 0 Å². The number of Topliss-reactive ketones (excluding diaryl/α,β-unsaturated/α-hetero) is 1. The van der Waals surface area contributed by atoms with E-state index in [1.165, 1.54) is 25.1 Å². The lowest BCUT2D eigenvalue weighted by atomic mass is 10.1. The molecule has 0 aliphatic heterocycles. The number of anilines is 1. The standard InChI is InChI=1S/C11H13ClN2O4/c1-7(15)10-4-8(14(17)18)2-3-11(10)13-6-9(16)5-12/h2-4,9,13,16H,5-6H2,1H3. The van der Waals surface area contributed by atoms with Crippen molar-refractivity contribution in [3.63, 3.8) is 0 Å². The molecule has 0 bridgehead atoms. The third kappa shape index (κ3) is 3.68. The molecule has 18 heavy (non-hydrogen) atoms. The van der Waals surface area contributed by atoms with Crippen LogP contribution in [0.25, 0.3) is 0 Å². The first-order chi connectivity index (χ1) is 8.45. The Bertz CT molecular complexity index is 464. The van der Waals surface area contributed by atoms with Crippen LogP contribution in [0, 0.1) is 10.1 Å². The number of nitro groups is 1. The van der Waals surface area contributed by atoms with Gasteiger partial charge in [0.1, 0.15) is 0 Å². The van der Waals surface area contributed by atoms with Crippen LogP contribution < -0.4 is 5.32 Å². The summed E-state index contributed by atoms with van der Waals surface area (Å²) in [5.74, 6) is -0.225. The van der Waals surface area contributed by atoms with Gasteiger partial charge in [0.2, 0.25) is 0 Å². The number of hydrogen-bond acceptors (Lipinski definition) is 5. The van der Waals surface area contributed by atoms with E-state index in [0.717, 1.165) is 0 Å². The Balaban J connectivity index is 2.97. The summed E-state index contributed by atoms with van der Waals surface area (Å²) in [6.07, 6.45) is -0.748. The number of aliphatic hydroxyl groups is 1. The van der Waals surface area contributed by atoms with Crippen molar-refractivity contribution in [3.05, 3.63) is 33.9 Å². The lowest BCUT2D eigenvalue weighted by molar-refractivity contribution is -0.384. The Kier molecular flexibility index (Phi) is 5.06. The van der Waals surface area contributed by atoms with Crippen molar-refractivity contribution in [2.75, 3.05) is 17.7 Å². The van der Waals surface area contributed by atoms with Gasteiger partial charge in [-0.2, -0.15) is 0 Å². The van der Waals surface area contributed by atoms with Gasteiger partial charge < -0.3 is 10.4 Å². The van der Waals surface area contributed by atoms with E-state index in [1.807, 2.05) is 0 Å². The van der Waals surface area contributed by atoms with Gasteiger partial charge in [-0.3, -0.25) is 14.9 Å². The molecular weight excluding hydrogens is 260 g/mol. The van der Waals surface area contributed by atoms with Gasteiger partial charge in [0.25, 0.3) is 5.69 Å². The summed E-state index contributed by atoms with van der Waals surface area (Å²) in [4.78, 5) is 21.5. The summed E-state index contributed by atoms with van der Waals surface area (Å²) < 4.78 is 0. The Morgan fingerprint density at radius 1 is 1.61 bits per heavy atom. The Labute approximate surface area is 109 Å². The third-order valence-electron chi connectivity index (χ3n) is 2.30. The molecule has 0 aromatic heterocycles.